The van der Waals surface area contributed by atoms with Crippen molar-refractivity contribution in [1.29, 1.82) is 0 Å². The Kier molecular flexibility index (Phi) is 3.77. The molecule has 3 aromatic carbocycles. The molecule has 144 valence electrons. The van der Waals surface area contributed by atoms with Gasteiger partial charge in [-0.05, 0) is 41.8 Å². The van der Waals surface area contributed by atoms with Crippen LogP contribution in [0.2, 0.25) is 0 Å². The lowest BCUT2D eigenvalue weighted by Gasteiger charge is -2.29. The average Bonchev–Trinajstić information content (AvgIpc) is 3.26. The van der Waals surface area contributed by atoms with Crippen LogP contribution in [0.5, 0.6) is 0 Å². The van der Waals surface area contributed by atoms with Gasteiger partial charge >= 0.3 is 0 Å². The first kappa shape index (κ1) is 16.8. The monoisotopic (exact) mass is 389 g/mol. The van der Waals surface area contributed by atoms with Crippen LogP contribution in [0.4, 0.5) is 11.4 Å². The summed E-state index contributed by atoms with van der Waals surface area (Å²) >= 11 is 0. The molecule has 5 nitrogen and oxygen atoms in total. The predicted octanol–water partition coefficient (Wildman–Crippen LogP) is 5.62. The van der Waals surface area contributed by atoms with Crippen LogP contribution < -0.4 is 10.6 Å². The molecule has 1 aliphatic rings. The van der Waals surface area contributed by atoms with Gasteiger partial charge in [0.2, 0.25) is 0 Å². The molecule has 0 saturated carbocycles. The van der Waals surface area contributed by atoms with E-state index in [0.29, 0.717) is 0 Å². The van der Waals surface area contributed by atoms with Crippen molar-refractivity contribution < 1.29 is 0 Å². The fraction of sp³-hybridized carbons (Fsp3) is 0.0400. The van der Waals surface area contributed by atoms with Crippen molar-refractivity contribution in [3.8, 4) is 16.9 Å². The molecule has 2 N–H and O–H groups in total. The van der Waals surface area contributed by atoms with Crippen LogP contribution in [-0.4, -0.2) is 14.8 Å². The predicted molar refractivity (Wildman–Crippen MR) is 121 cm³/mol. The number of nitrogens with zero attached hydrogens (tertiary/aromatic N) is 3. The lowest BCUT2D eigenvalue weighted by molar-refractivity contribution is 0.873. The quantitative estimate of drug-likeness (QED) is 0.420. The molecule has 0 fully saturated rings. The lowest BCUT2D eigenvalue weighted by Crippen LogP contribution is -2.23. The summed E-state index contributed by atoms with van der Waals surface area (Å²) in [6.07, 6.45) is 5.60. The van der Waals surface area contributed by atoms with Crippen LogP contribution in [-0.2, 0) is 0 Å². The molecule has 30 heavy (non-hydrogen) atoms. The number of rotatable bonds is 3. The van der Waals surface area contributed by atoms with Crippen molar-refractivity contribution in [1.82, 2.24) is 14.8 Å². The largest absolute Gasteiger partial charge is 0.361 e. The Balaban J connectivity index is 1.50. The third kappa shape index (κ3) is 2.71. The fourth-order valence-electron chi connectivity index (χ4n) is 4.13. The van der Waals surface area contributed by atoms with Crippen LogP contribution in [0.3, 0.4) is 0 Å². The summed E-state index contributed by atoms with van der Waals surface area (Å²) in [6.45, 7) is 0. The maximum atomic E-state index is 4.94. The minimum atomic E-state index is -0.105. The molecule has 0 unspecified atom stereocenters. The maximum absolute atomic E-state index is 4.94. The van der Waals surface area contributed by atoms with Gasteiger partial charge in [-0.2, -0.15) is 5.10 Å². The van der Waals surface area contributed by atoms with E-state index in [1.807, 2.05) is 35.0 Å². The van der Waals surface area contributed by atoms with Crippen LogP contribution in [0, 0.1) is 0 Å². The van der Waals surface area contributed by atoms with E-state index >= 15 is 0 Å². The number of benzene rings is 3. The highest BCUT2D eigenvalue weighted by Crippen LogP contribution is 2.40. The van der Waals surface area contributed by atoms with Gasteiger partial charge in [0.15, 0.2) is 0 Å². The van der Waals surface area contributed by atoms with Crippen LogP contribution in [0.1, 0.15) is 11.7 Å². The van der Waals surface area contributed by atoms with Crippen molar-refractivity contribution in [2.45, 2.75) is 6.17 Å². The fourth-order valence-corrected chi connectivity index (χ4v) is 4.13. The SMILES string of the molecule is c1ccc(-n2cc(C3Nc4cccc5cccc(c45)N3)c(-c3ccncc3)n2)cc1. The summed E-state index contributed by atoms with van der Waals surface area (Å²) in [6, 6.07) is 26.9. The smallest absolute Gasteiger partial charge is 0.127 e. The minimum absolute atomic E-state index is 0.105. The summed E-state index contributed by atoms with van der Waals surface area (Å²) in [4.78, 5) is 4.17. The van der Waals surface area contributed by atoms with Crippen LogP contribution in [0.15, 0.2) is 97.5 Å². The Bertz CT molecular complexity index is 1300. The molecule has 3 heterocycles. The Hall–Kier alpha value is -4.12. The van der Waals surface area contributed by atoms with E-state index in [1.54, 1.807) is 12.4 Å². The Morgan fingerprint density at radius 3 is 2.13 bits per heavy atom. The van der Waals surface area contributed by atoms with E-state index in [9.17, 15) is 0 Å². The van der Waals surface area contributed by atoms with E-state index in [-0.39, 0.29) is 6.17 Å². The van der Waals surface area contributed by atoms with Gasteiger partial charge in [0.05, 0.1) is 11.4 Å². The molecule has 0 bridgehead atoms. The number of nitrogens with one attached hydrogen (secondary N) is 2. The number of hydrogen-bond acceptors (Lipinski definition) is 4. The van der Waals surface area contributed by atoms with Crippen molar-refractivity contribution in [2.75, 3.05) is 10.6 Å². The van der Waals surface area contributed by atoms with E-state index in [4.69, 9.17) is 5.10 Å². The van der Waals surface area contributed by atoms with Gasteiger partial charge in [0, 0.05) is 46.5 Å². The molecule has 0 radical (unpaired) electrons. The van der Waals surface area contributed by atoms with E-state index in [2.05, 4.69) is 70.3 Å². The molecule has 5 aromatic rings. The van der Waals surface area contributed by atoms with Gasteiger partial charge < -0.3 is 10.6 Å². The molecule has 0 atom stereocenters. The molecule has 0 aliphatic carbocycles. The molecule has 2 aromatic heterocycles. The number of pyridine rings is 1. The van der Waals surface area contributed by atoms with E-state index in [0.717, 1.165) is 33.9 Å². The van der Waals surface area contributed by atoms with Crippen LogP contribution >= 0.6 is 0 Å². The highest BCUT2D eigenvalue weighted by Gasteiger charge is 2.25. The van der Waals surface area contributed by atoms with Gasteiger partial charge in [-0.25, -0.2) is 4.68 Å². The highest BCUT2D eigenvalue weighted by molar-refractivity contribution is 6.04. The second kappa shape index (κ2) is 6.74. The Labute approximate surface area is 174 Å². The molecular weight excluding hydrogens is 370 g/mol. The zero-order chi connectivity index (χ0) is 19.9. The number of para-hydroxylation sites is 1. The normalized spacial score (nSPS) is 13.1. The first-order chi connectivity index (χ1) is 14.9. The zero-order valence-electron chi connectivity index (χ0n) is 16.2. The standard InChI is InChI=1S/C25H19N5/c1-2-8-19(9-3-1)30-16-20(24(29-30)18-12-14-26-15-13-18)25-27-21-10-4-6-17-7-5-11-22(28-25)23(17)21/h1-16,25,27-28H. The molecule has 6 rings (SSSR count). The van der Waals surface area contributed by atoms with E-state index < -0.39 is 0 Å². The third-order valence-corrected chi connectivity index (χ3v) is 5.53. The third-order valence-electron chi connectivity index (χ3n) is 5.53. The molecule has 5 heteroatoms. The van der Waals surface area contributed by atoms with Gasteiger partial charge in [-0.1, -0.05) is 42.5 Å². The second-order valence-corrected chi connectivity index (χ2v) is 7.38. The Morgan fingerprint density at radius 1 is 0.733 bits per heavy atom. The Morgan fingerprint density at radius 2 is 1.43 bits per heavy atom. The second-order valence-electron chi connectivity index (χ2n) is 7.38. The van der Waals surface area contributed by atoms with Gasteiger partial charge in [0.1, 0.15) is 6.17 Å². The van der Waals surface area contributed by atoms with Crippen molar-refractivity contribution in [2.24, 2.45) is 0 Å². The minimum Gasteiger partial charge on any atom is -0.361 e. The summed E-state index contributed by atoms with van der Waals surface area (Å²) in [5.74, 6) is 0. The van der Waals surface area contributed by atoms with Crippen molar-refractivity contribution >= 4 is 22.1 Å². The van der Waals surface area contributed by atoms with Gasteiger partial charge in [-0.15, -0.1) is 0 Å². The zero-order valence-corrected chi connectivity index (χ0v) is 16.2. The molecule has 0 saturated heterocycles. The molecule has 1 aliphatic heterocycles. The molecule has 0 amide bonds. The molecule has 0 spiro atoms. The first-order valence-electron chi connectivity index (χ1n) is 9.97. The van der Waals surface area contributed by atoms with Crippen molar-refractivity contribution in [3.63, 3.8) is 0 Å². The first-order valence-corrected chi connectivity index (χ1v) is 9.97. The summed E-state index contributed by atoms with van der Waals surface area (Å²) in [5, 5.41) is 14.7. The van der Waals surface area contributed by atoms with Crippen molar-refractivity contribution in [3.05, 3.63) is 103 Å². The highest BCUT2D eigenvalue weighted by atomic mass is 15.3. The molecular formula is C25H19N5. The lowest BCUT2D eigenvalue weighted by atomic mass is 10.0. The number of aromatic nitrogens is 3. The summed E-state index contributed by atoms with van der Waals surface area (Å²) in [5.41, 5.74) is 6.32. The summed E-state index contributed by atoms with van der Waals surface area (Å²) in [7, 11) is 0. The topological polar surface area (TPSA) is 54.8 Å². The van der Waals surface area contributed by atoms with E-state index in [1.165, 1.54) is 10.8 Å². The maximum Gasteiger partial charge on any atom is 0.127 e. The van der Waals surface area contributed by atoms with Gasteiger partial charge in [-0.3, -0.25) is 4.98 Å². The number of anilines is 2. The van der Waals surface area contributed by atoms with Crippen LogP contribution in [0.25, 0.3) is 27.7 Å². The summed E-state index contributed by atoms with van der Waals surface area (Å²) < 4.78 is 1.94. The van der Waals surface area contributed by atoms with Gasteiger partial charge in [0.25, 0.3) is 0 Å². The number of hydrogen-bond donors (Lipinski definition) is 2. The average molecular weight is 389 g/mol.